The summed E-state index contributed by atoms with van der Waals surface area (Å²) in [5.74, 6) is 2.04. The van der Waals surface area contributed by atoms with Crippen LogP contribution in [0, 0.1) is 0 Å². The number of ether oxygens (including phenoxy) is 2. The molecule has 1 fully saturated rings. The number of anilines is 1. The lowest BCUT2D eigenvalue weighted by atomic mass is 9.99. The van der Waals surface area contributed by atoms with Gasteiger partial charge in [-0.25, -0.2) is 14.5 Å². The van der Waals surface area contributed by atoms with E-state index in [0.717, 1.165) is 45.9 Å². The molecule has 0 aliphatic carbocycles. The van der Waals surface area contributed by atoms with Gasteiger partial charge in [-0.15, -0.1) is 18.3 Å². The van der Waals surface area contributed by atoms with Crippen molar-refractivity contribution < 1.29 is 27.4 Å². The number of rotatable bonds is 8. The summed E-state index contributed by atoms with van der Waals surface area (Å²) in [6.45, 7) is 8.30. The number of amidine groups is 1. The third kappa shape index (κ3) is 8.33. The molecule has 2 amide bonds. The van der Waals surface area contributed by atoms with E-state index in [0.29, 0.717) is 16.7 Å². The van der Waals surface area contributed by atoms with Gasteiger partial charge in [-0.05, 0) is 85.4 Å². The smallest absolute Gasteiger partial charge is 0.497 e. The lowest BCUT2D eigenvalue weighted by Gasteiger charge is -2.37. The summed E-state index contributed by atoms with van der Waals surface area (Å²) in [5.41, 5.74) is 5.12. The molecule has 5 rings (SSSR count). The summed E-state index contributed by atoms with van der Waals surface area (Å²) in [6.07, 6.45) is -0.676. The van der Waals surface area contributed by atoms with Crippen LogP contribution in [0.2, 0.25) is 0 Å². The van der Waals surface area contributed by atoms with Crippen molar-refractivity contribution in [1.82, 2.24) is 20.1 Å². The van der Waals surface area contributed by atoms with E-state index in [9.17, 15) is 18.0 Å². The monoisotopic (exact) mass is 664 g/mol. The molecule has 0 bridgehead atoms. The lowest BCUT2D eigenvalue weighted by Crippen LogP contribution is -2.42. The van der Waals surface area contributed by atoms with Gasteiger partial charge in [0.05, 0.1) is 12.8 Å². The van der Waals surface area contributed by atoms with Crippen molar-refractivity contribution in [3.8, 4) is 28.6 Å². The van der Waals surface area contributed by atoms with Gasteiger partial charge < -0.3 is 19.7 Å². The van der Waals surface area contributed by atoms with Crippen LogP contribution >= 0.6 is 11.8 Å². The maximum Gasteiger partial charge on any atom is 0.573 e. The number of nitrogens with zero attached hydrogens (tertiary/aromatic N) is 5. The van der Waals surface area contributed by atoms with E-state index in [2.05, 4.69) is 50.8 Å². The second-order valence-electron chi connectivity index (χ2n) is 11.2. The van der Waals surface area contributed by atoms with Crippen LogP contribution < -0.4 is 19.7 Å². The van der Waals surface area contributed by atoms with Crippen LogP contribution in [0.15, 0.2) is 84.2 Å². The van der Waals surface area contributed by atoms with E-state index in [-0.39, 0.29) is 17.7 Å². The molecule has 4 aromatic rings. The number of thioether (sulfide) groups is 1. The Bertz CT molecular complexity index is 1770. The van der Waals surface area contributed by atoms with Gasteiger partial charge in [-0.3, -0.25) is 0 Å². The van der Waals surface area contributed by atoms with Gasteiger partial charge in [0.1, 0.15) is 17.8 Å². The SMILES string of the molecule is COc1ccc(N2/C(=N/C(=O)N/C=C(\C)c3ccc(-c4ncn(-c5ccc(OC(F)(F)F)cc5)n4)cc3)SCCC2C)c(C(C)C)c1. The summed E-state index contributed by atoms with van der Waals surface area (Å²) < 4.78 is 48.2. The minimum atomic E-state index is -4.76. The number of carbonyl (C=O) groups excluding carboxylic acids is 1. The van der Waals surface area contributed by atoms with Crippen LogP contribution in [0.25, 0.3) is 22.6 Å². The maximum atomic E-state index is 13.0. The van der Waals surface area contributed by atoms with E-state index >= 15 is 0 Å². The second-order valence-corrected chi connectivity index (χ2v) is 12.3. The van der Waals surface area contributed by atoms with Gasteiger partial charge in [0.15, 0.2) is 11.0 Å². The molecule has 246 valence electrons. The summed E-state index contributed by atoms with van der Waals surface area (Å²) in [5, 5.41) is 7.91. The van der Waals surface area contributed by atoms with E-state index in [1.165, 1.54) is 35.3 Å². The molecule has 2 heterocycles. The normalized spacial score (nSPS) is 16.4. The molecular formula is C34H35F3N6O3S. The van der Waals surface area contributed by atoms with Crippen molar-refractivity contribution in [2.75, 3.05) is 17.8 Å². The number of methoxy groups -OCH3 is 1. The predicted octanol–water partition coefficient (Wildman–Crippen LogP) is 8.42. The number of aliphatic imine (C=N–C) groups is 1. The Kier molecular flexibility index (Phi) is 10.2. The predicted molar refractivity (Wildman–Crippen MR) is 179 cm³/mol. The van der Waals surface area contributed by atoms with Gasteiger partial charge in [0.25, 0.3) is 0 Å². The Labute approximate surface area is 275 Å². The first-order valence-electron chi connectivity index (χ1n) is 15.0. The number of carbonyl (C=O) groups is 1. The van der Waals surface area contributed by atoms with Crippen LogP contribution in [0.3, 0.4) is 0 Å². The van der Waals surface area contributed by atoms with E-state index in [1.54, 1.807) is 25.1 Å². The number of alkyl halides is 3. The Morgan fingerprint density at radius 2 is 1.79 bits per heavy atom. The number of halogens is 3. The van der Waals surface area contributed by atoms with Gasteiger partial charge in [0.2, 0.25) is 0 Å². The number of aromatic nitrogens is 3. The molecule has 0 saturated carbocycles. The highest BCUT2D eigenvalue weighted by Gasteiger charge is 2.31. The molecule has 9 nitrogen and oxygen atoms in total. The van der Waals surface area contributed by atoms with Crippen molar-refractivity contribution in [2.24, 2.45) is 4.99 Å². The first-order chi connectivity index (χ1) is 22.4. The number of allylic oxidation sites excluding steroid dienone is 1. The van der Waals surface area contributed by atoms with Gasteiger partial charge in [-0.1, -0.05) is 49.9 Å². The van der Waals surface area contributed by atoms with E-state index in [1.807, 2.05) is 49.4 Å². The number of amides is 2. The minimum Gasteiger partial charge on any atom is -0.497 e. The molecule has 1 aliphatic heterocycles. The van der Waals surface area contributed by atoms with Gasteiger partial charge >= 0.3 is 12.4 Å². The molecule has 0 radical (unpaired) electrons. The summed E-state index contributed by atoms with van der Waals surface area (Å²) >= 11 is 1.56. The molecule has 1 unspecified atom stereocenters. The highest BCUT2D eigenvalue weighted by atomic mass is 32.2. The van der Waals surface area contributed by atoms with Crippen LogP contribution in [-0.2, 0) is 0 Å². The zero-order chi connectivity index (χ0) is 33.7. The number of benzene rings is 3. The minimum absolute atomic E-state index is 0.170. The molecule has 1 saturated heterocycles. The number of nitrogens with one attached hydrogen (secondary N) is 1. The lowest BCUT2D eigenvalue weighted by molar-refractivity contribution is -0.274. The van der Waals surface area contributed by atoms with E-state index in [4.69, 9.17) is 4.74 Å². The molecule has 13 heteroatoms. The standard InChI is InChI=1S/C34H35F3N6O3S/c1-21(2)29-18-28(45-5)14-15-30(29)43-23(4)16-17-47-33(43)40-32(44)38-19-22(3)24-6-8-25(9-7-24)31-39-20-42(41-31)26-10-12-27(13-11-26)46-34(35,36)37/h6-15,18-21,23H,16-17H2,1-5H3,(H,38,44)/b22-19+,40-33-. The molecule has 3 aromatic carbocycles. The Morgan fingerprint density at radius 3 is 2.45 bits per heavy atom. The van der Waals surface area contributed by atoms with Crippen molar-refractivity contribution in [2.45, 2.75) is 52.4 Å². The van der Waals surface area contributed by atoms with Gasteiger partial charge in [-0.2, -0.15) is 4.99 Å². The summed E-state index contributed by atoms with van der Waals surface area (Å²) in [4.78, 5) is 23.9. The zero-order valence-corrected chi connectivity index (χ0v) is 27.4. The average Bonchev–Trinajstić information content (AvgIpc) is 3.54. The Hall–Kier alpha value is -4.78. The first-order valence-corrected chi connectivity index (χ1v) is 15.9. The third-order valence-electron chi connectivity index (χ3n) is 7.56. The van der Waals surface area contributed by atoms with Crippen LogP contribution in [0.4, 0.5) is 23.7 Å². The van der Waals surface area contributed by atoms with Crippen molar-refractivity contribution in [3.05, 3.63) is 90.4 Å². The fourth-order valence-electron chi connectivity index (χ4n) is 5.05. The fourth-order valence-corrected chi connectivity index (χ4v) is 6.26. The molecule has 47 heavy (non-hydrogen) atoms. The first kappa shape index (κ1) is 33.6. The molecule has 1 aromatic heterocycles. The molecule has 0 spiro atoms. The number of hydrogen-bond acceptors (Lipinski definition) is 6. The molecule has 1 atom stereocenters. The average molecular weight is 665 g/mol. The van der Waals surface area contributed by atoms with Crippen LogP contribution in [0.5, 0.6) is 11.5 Å². The highest BCUT2D eigenvalue weighted by Crippen LogP contribution is 2.37. The Balaban J connectivity index is 1.26. The largest absolute Gasteiger partial charge is 0.573 e. The van der Waals surface area contributed by atoms with Crippen LogP contribution in [0.1, 0.15) is 51.2 Å². The third-order valence-corrected chi connectivity index (χ3v) is 8.55. The summed E-state index contributed by atoms with van der Waals surface area (Å²) in [7, 11) is 1.65. The molecular weight excluding hydrogens is 629 g/mol. The molecule has 1 aliphatic rings. The zero-order valence-electron chi connectivity index (χ0n) is 26.6. The quantitative estimate of drug-likeness (QED) is 0.202. The summed E-state index contributed by atoms with van der Waals surface area (Å²) in [6, 6.07) is 18.6. The number of urea groups is 1. The fraction of sp³-hybridized carbons (Fsp3) is 0.294. The Morgan fingerprint density at radius 1 is 1.09 bits per heavy atom. The van der Waals surface area contributed by atoms with Crippen molar-refractivity contribution in [3.63, 3.8) is 0 Å². The van der Waals surface area contributed by atoms with E-state index < -0.39 is 12.4 Å². The van der Waals surface area contributed by atoms with Crippen molar-refractivity contribution in [1.29, 1.82) is 0 Å². The van der Waals surface area contributed by atoms with Crippen molar-refractivity contribution >= 4 is 34.2 Å². The second kappa shape index (κ2) is 14.3. The highest BCUT2D eigenvalue weighted by molar-refractivity contribution is 8.14. The number of hydrogen-bond donors (Lipinski definition) is 1. The topological polar surface area (TPSA) is 93.9 Å². The van der Waals surface area contributed by atoms with Crippen LogP contribution in [-0.4, -0.2) is 51.2 Å². The van der Waals surface area contributed by atoms with Gasteiger partial charge in [0, 0.05) is 29.2 Å². The molecule has 1 N–H and O–H groups in total. The maximum absolute atomic E-state index is 13.0.